The van der Waals surface area contributed by atoms with Crippen LogP contribution in [0.25, 0.3) is 0 Å². The van der Waals surface area contributed by atoms with E-state index >= 15 is 0 Å². The number of primary amides is 1. The lowest BCUT2D eigenvalue weighted by atomic mass is 10.0. The Bertz CT molecular complexity index is 740. The molecule has 24 heavy (non-hydrogen) atoms. The third-order valence-electron chi connectivity index (χ3n) is 4.02. The second-order valence-corrected chi connectivity index (χ2v) is 6.05. The van der Waals surface area contributed by atoms with E-state index < -0.39 is 5.91 Å². The molecule has 0 radical (unpaired) electrons. The first-order chi connectivity index (χ1) is 11.5. The summed E-state index contributed by atoms with van der Waals surface area (Å²) in [5.74, 6) is -0.0764. The Hall–Kier alpha value is -2.54. The number of anilines is 1. The van der Waals surface area contributed by atoms with Gasteiger partial charge in [-0.3, -0.25) is 9.59 Å². The van der Waals surface area contributed by atoms with Crippen molar-refractivity contribution in [1.82, 2.24) is 9.88 Å². The number of halogens is 1. The van der Waals surface area contributed by atoms with Crippen molar-refractivity contribution in [2.75, 3.05) is 18.4 Å². The van der Waals surface area contributed by atoms with Crippen LogP contribution in [0.15, 0.2) is 35.3 Å². The first kappa shape index (κ1) is 16.3. The van der Waals surface area contributed by atoms with Gasteiger partial charge in [-0.15, -0.1) is 0 Å². The second-order valence-electron chi connectivity index (χ2n) is 5.64. The number of amides is 2. The second kappa shape index (κ2) is 6.92. The molecule has 0 aliphatic carbocycles. The summed E-state index contributed by atoms with van der Waals surface area (Å²) in [4.78, 5) is 29.3. The monoisotopic (exact) mass is 348 g/mol. The zero-order valence-electron chi connectivity index (χ0n) is 12.9. The highest BCUT2D eigenvalue weighted by Crippen LogP contribution is 2.23. The number of piperidine rings is 1. The van der Waals surface area contributed by atoms with Gasteiger partial charge in [0.05, 0.1) is 22.4 Å². The molecule has 1 aliphatic heterocycles. The van der Waals surface area contributed by atoms with E-state index in [-0.39, 0.29) is 17.5 Å². The Labute approximate surface area is 143 Å². The van der Waals surface area contributed by atoms with Gasteiger partial charge in [-0.2, -0.15) is 0 Å². The molecule has 0 bridgehead atoms. The van der Waals surface area contributed by atoms with Crippen LogP contribution in [0.5, 0.6) is 0 Å². The summed E-state index contributed by atoms with van der Waals surface area (Å²) in [5.41, 5.74) is 6.03. The van der Waals surface area contributed by atoms with Crippen LogP contribution in [0.4, 0.5) is 5.82 Å². The van der Waals surface area contributed by atoms with Gasteiger partial charge in [-0.1, -0.05) is 11.6 Å². The fourth-order valence-corrected chi connectivity index (χ4v) is 2.89. The number of likely N-dealkylation sites (tertiary alicyclic amines) is 1. The van der Waals surface area contributed by atoms with Crippen LogP contribution in [-0.2, 0) is 0 Å². The van der Waals surface area contributed by atoms with Gasteiger partial charge in [0.1, 0.15) is 12.1 Å². The van der Waals surface area contributed by atoms with Gasteiger partial charge in [-0.05, 0) is 25.0 Å². The maximum atomic E-state index is 12.2. The van der Waals surface area contributed by atoms with Crippen molar-refractivity contribution >= 4 is 29.2 Å². The summed E-state index contributed by atoms with van der Waals surface area (Å²) in [6.07, 6.45) is 5.90. The van der Waals surface area contributed by atoms with Crippen LogP contribution in [0.1, 0.15) is 33.6 Å². The van der Waals surface area contributed by atoms with Crippen LogP contribution in [0, 0.1) is 0 Å². The van der Waals surface area contributed by atoms with Gasteiger partial charge in [0.25, 0.3) is 5.91 Å². The maximum absolute atomic E-state index is 12.2. The fourth-order valence-electron chi connectivity index (χ4n) is 2.67. The van der Waals surface area contributed by atoms with E-state index in [1.165, 1.54) is 24.8 Å². The molecule has 2 aromatic rings. The third-order valence-corrected chi connectivity index (χ3v) is 4.30. The van der Waals surface area contributed by atoms with Crippen molar-refractivity contribution in [3.8, 4) is 0 Å². The predicted octanol–water partition coefficient (Wildman–Crippen LogP) is 2.14. The third kappa shape index (κ3) is 3.51. The van der Waals surface area contributed by atoms with Gasteiger partial charge in [0.2, 0.25) is 5.91 Å². The lowest BCUT2D eigenvalue weighted by Crippen LogP contribution is -2.42. The number of nitrogens with one attached hydrogen (secondary N) is 1. The number of nitrogens with zero attached hydrogens (tertiary/aromatic N) is 2. The van der Waals surface area contributed by atoms with E-state index in [4.69, 9.17) is 21.8 Å². The normalized spacial score (nSPS) is 15.3. The Balaban J connectivity index is 1.58. The Morgan fingerprint density at radius 1 is 1.33 bits per heavy atom. The zero-order chi connectivity index (χ0) is 17.1. The highest BCUT2D eigenvalue weighted by Gasteiger charge is 2.24. The summed E-state index contributed by atoms with van der Waals surface area (Å²) in [6.45, 7) is 1.28. The molecule has 1 fully saturated rings. The molecule has 2 amide bonds. The van der Waals surface area contributed by atoms with Gasteiger partial charge in [0, 0.05) is 25.3 Å². The minimum absolute atomic E-state index is 0.0239. The SMILES string of the molecule is NC(=O)c1cnc(NC2CCN(C(=O)c3ccoc3)CC2)c(Cl)c1. The summed E-state index contributed by atoms with van der Waals surface area (Å²) < 4.78 is 4.95. The van der Waals surface area contributed by atoms with E-state index in [0.29, 0.717) is 29.5 Å². The van der Waals surface area contributed by atoms with E-state index in [2.05, 4.69) is 10.3 Å². The van der Waals surface area contributed by atoms with E-state index in [1.807, 2.05) is 0 Å². The Kier molecular flexibility index (Phi) is 4.71. The van der Waals surface area contributed by atoms with Gasteiger partial charge in [-0.25, -0.2) is 4.98 Å². The topological polar surface area (TPSA) is 101 Å². The van der Waals surface area contributed by atoms with Crippen molar-refractivity contribution in [1.29, 1.82) is 0 Å². The van der Waals surface area contributed by atoms with Crippen molar-refractivity contribution in [3.05, 3.63) is 47.0 Å². The van der Waals surface area contributed by atoms with E-state index in [0.717, 1.165) is 12.8 Å². The number of aromatic nitrogens is 1. The average Bonchev–Trinajstić information content (AvgIpc) is 3.11. The minimum Gasteiger partial charge on any atom is -0.472 e. The molecule has 0 unspecified atom stereocenters. The first-order valence-corrected chi connectivity index (χ1v) is 7.96. The Morgan fingerprint density at radius 2 is 2.08 bits per heavy atom. The van der Waals surface area contributed by atoms with Crippen LogP contribution >= 0.6 is 11.6 Å². The molecule has 0 aromatic carbocycles. The van der Waals surface area contributed by atoms with E-state index in [1.54, 1.807) is 11.0 Å². The minimum atomic E-state index is -0.568. The van der Waals surface area contributed by atoms with Crippen LogP contribution < -0.4 is 11.1 Å². The molecule has 2 aromatic heterocycles. The van der Waals surface area contributed by atoms with Gasteiger partial charge < -0.3 is 20.4 Å². The molecule has 0 saturated carbocycles. The zero-order valence-corrected chi connectivity index (χ0v) is 13.6. The highest BCUT2D eigenvalue weighted by atomic mass is 35.5. The summed E-state index contributed by atoms with van der Waals surface area (Å²) >= 11 is 6.13. The quantitative estimate of drug-likeness (QED) is 0.881. The number of hydrogen-bond acceptors (Lipinski definition) is 5. The van der Waals surface area contributed by atoms with Crippen molar-refractivity contribution in [3.63, 3.8) is 0 Å². The fraction of sp³-hybridized carbons (Fsp3) is 0.312. The number of carbonyl (C=O) groups excluding carboxylic acids is 2. The lowest BCUT2D eigenvalue weighted by molar-refractivity contribution is 0.0717. The van der Waals surface area contributed by atoms with Crippen LogP contribution in [0.2, 0.25) is 5.02 Å². The standard InChI is InChI=1S/C16H17ClN4O3/c17-13-7-11(14(18)22)8-19-15(13)20-12-1-4-21(5-2-12)16(23)10-3-6-24-9-10/h3,6-9,12H,1-2,4-5H2,(H2,18,22)(H,19,20). The molecule has 126 valence electrons. The average molecular weight is 349 g/mol. The molecule has 8 heteroatoms. The molecular weight excluding hydrogens is 332 g/mol. The van der Waals surface area contributed by atoms with Gasteiger partial charge in [0.15, 0.2) is 0 Å². The summed E-state index contributed by atoms with van der Waals surface area (Å²) in [7, 11) is 0. The van der Waals surface area contributed by atoms with Crippen molar-refractivity contribution in [2.45, 2.75) is 18.9 Å². The lowest BCUT2D eigenvalue weighted by Gasteiger charge is -2.32. The number of nitrogens with two attached hydrogens (primary N) is 1. The predicted molar refractivity (Wildman–Crippen MR) is 89.0 cm³/mol. The molecule has 1 aliphatic rings. The summed E-state index contributed by atoms with van der Waals surface area (Å²) in [5, 5.41) is 3.61. The molecule has 3 heterocycles. The molecular formula is C16H17ClN4O3. The number of furan rings is 1. The smallest absolute Gasteiger partial charge is 0.257 e. The Morgan fingerprint density at radius 3 is 2.67 bits per heavy atom. The van der Waals surface area contributed by atoms with Gasteiger partial charge >= 0.3 is 0 Å². The van der Waals surface area contributed by atoms with Crippen molar-refractivity contribution < 1.29 is 14.0 Å². The number of rotatable bonds is 4. The molecule has 3 N–H and O–H groups in total. The summed E-state index contributed by atoms with van der Waals surface area (Å²) in [6, 6.07) is 3.32. The number of hydrogen-bond donors (Lipinski definition) is 2. The molecule has 1 saturated heterocycles. The molecule has 3 rings (SSSR count). The van der Waals surface area contributed by atoms with Crippen molar-refractivity contribution in [2.24, 2.45) is 5.73 Å². The molecule has 7 nitrogen and oxygen atoms in total. The van der Waals surface area contributed by atoms with Crippen LogP contribution in [-0.4, -0.2) is 40.8 Å². The molecule has 0 atom stereocenters. The number of carbonyl (C=O) groups is 2. The number of pyridine rings is 1. The maximum Gasteiger partial charge on any atom is 0.257 e. The first-order valence-electron chi connectivity index (χ1n) is 7.58. The largest absolute Gasteiger partial charge is 0.472 e. The van der Waals surface area contributed by atoms with Crippen LogP contribution in [0.3, 0.4) is 0 Å². The highest BCUT2D eigenvalue weighted by molar-refractivity contribution is 6.33. The molecule has 0 spiro atoms. The van der Waals surface area contributed by atoms with E-state index in [9.17, 15) is 9.59 Å².